The number of nitrogens with two attached hydrogens (primary N) is 1. The van der Waals surface area contributed by atoms with E-state index in [1.54, 1.807) is 18.3 Å². The van der Waals surface area contributed by atoms with Crippen molar-refractivity contribution in [2.45, 2.75) is 13.5 Å². The number of hydrogen-bond donors (Lipinski definition) is 1. The highest BCUT2D eigenvalue weighted by molar-refractivity contribution is 9.11. The molecule has 2 N–H and O–H groups in total. The van der Waals surface area contributed by atoms with Gasteiger partial charge in [0.1, 0.15) is 0 Å². The molecule has 0 spiro atoms. The van der Waals surface area contributed by atoms with Gasteiger partial charge in [0.05, 0.1) is 16.2 Å². The molecule has 1 rings (SSSR count). The molecular formula is C7H9BrN2S. The molecule has 0 bridgehead atoms. The second-order valence-corrected chi connectivity index (χ2v) is 4.51. The highest BCUT2D eigenvalue weighted by Crippen LogP contribution is 2.20. The van der Waals surface area contributed by atoms with Crippen molar-refractivity contribution in [2.75, 3.05) is 0 Å². The number of aliphatic imine (C=N–C) groups is 1. The first-order chi connectivity index (χ1) is 5.18. The van der Waals surface area contributed by atoms with Crippen LogP contribution >= 0.6 is 27.3 Å². The van der Waals surface area contributed by atoms with Crippen LogP contribution in [0.2, 0.25) is 0 Å². The zero-order chi connectivity index (χ0) is 8.27. The van der Waals surface area contributed by atoms with Gasteiger partial charge in [0.15, 0.2) is 0 Å². The fraction of sp³-hybridized carbons (Fsp3) is 0.286. The van der Waals surface area contributed by atoms with Crippen LogP contribution in [0.25, 0.3) is 0 Å². The van der Waals surface area contributed by atoms with Crippen LogP contribution in [0.5, 0.6) is 0 Å². The fourth-order valence-electron chi connectivity index (χ4n) is 0.645. The molecule has 0 amide bonds. The van der Waals surface area contributed by atoms with Crippen LogP contribution in [0.1, 0.15) is 12.5 Å². The van der Waals surface area contributed by atoms with Gasteiger partial charge in [-0.3, -0.25) is 4.99 Å². The Morgan fingerprint density at radius 3 is 3.00 bits per heavy atom. The van der Waals surface area contributed by atoms with Gasteiger partial charge in [0.2, 0.25) is 0 Å². The Labute approximate surface area is 78.3 Å². The van der Waals surface area contributed by atoms with Crippen LogP contribution in [0.15, 0.2) is 20.2 Å². The Morgan fingerprint density at radius 2 is 2.55 bits per heavy atom. The molecule has 0 unspecified atom stereocenters. The Bertz CT molecular complexity index is 263. The monoisotopic (exact) mass is 232 g/mol. The van der Waals surface area contributed by atoms with Crippen molar-refractivity contribution in [1.29, 1.82) is 0 Å². The molecule has 11 heavy (non-hydrogen) atoms. The Morgan fingerprint density at radius 1 is 1.82 bits per heavy atom. The first kappa shape index (κ1) is 8.74. The predicted molar refractivity (Wildman–Crippen MR) is 53.0 cm³/mol. The maximum atomic E-state index is 5.39. The van der Waals surface area contributed by atoms with Gasteiger partial charge in [-0.05, 0) is 39.9 Å². The normalized spacial score (nSPS) is 12.0. The van der Waals surface area contributed by atoms with Crippen molar-refractivity contribution in [3.8, 4) is 0 Å². The van der Waals surface area contributed by atoms with E-state index in [4.69, 9.17) is 5.73 Å². The van der Waals surface area contributed by atoms with Crippen molar-refractivity contribution in [2.24, 2.45) is 10.7 Å². The van der Waals surface area contributed by atoms with Gasteiger partial charge in [-0.2, -0.15) is 0 Å². The molecule has 0 saturated heterocycles. The summed E-state index contributed by atoms with van der Waals surface area (Å²) >= 11 is 5.04. The minimum absolute atomic E-state index is 0.632. The SMILES string of the molecule is CC(N)=NCc1csc(Br)c1. The average Bonchev–Trinajstić information content (AvgIpc) is 2.31. The molecule has 0 atom stereocenters. The zero-order valence-electron chi connectivity index (χ0n) is 6.17. The van der Waals surface area contributed by atoms with Crippen LogP contribution in [0, 0.1) is 0 Å². The maximum absolute atomic E-state index is 5.39. The van der Waals surface area contributed by atoms with Gasteiger partial charge in [-0.15, -0.1) is 11.3 Å². The number of rotatable bonds is 2. The van der Waals surface area contributed by atoms with Gasteiger partial charge in [0, 0.05) is 0 Å². The highest BCUT2D eigenvalue weighted by Gasteiger charge is 1.94. The van der Waals surface area contributed by atoms with E-state index in [-0.39, 0.29) is 0 Å². The molecule has 0 fully saturated rings. The van der Waals surface area contributed by atoms with E-state index in [1.165, 1.54) is 5.56 Å². The number of halogens is 1. The second-order valence-electron chi connectivity index (χ2n) is 2.22. The third kappa shape index (κ3) is 3.03. The van der Waals surface area contributed by atoms with Crippen LogP contribution in [0.4, 0.5) is 0 Å². The summed E-state index contributed by atoms with van der Waals surface area (Å²) in [7, 11) is 0. The molecule has 0 radical (unpaired) electrons. The highest BCUT2D eigenvalue weighted by atomic mass is 79.9. The lowest BCUT2D eigenvalue weighted by atomic mass is 10.3. The molecule has 0 saturated carbocycles. The van der Waals surface area contributed by atoms with Crippen molar-refractivity contribution in [3.05, 3.63) is 20.8 Å². The van der Waals surface area contributed by atoms with E-state index < -0.39 is 0 Å². The van der Waals surface area contributed by atoms with Gasteiger partial charge in [-0.25, -0.2) is 0 Å². The van der Waals surface area contributed by atoms with Crippen molar-refractivity contribution >= 4 is 33.1 Å². The molecular weight excluding hydrogens is 224 g/mol. The third-order valence-corrected chi connectivity index (χ3v) is 2.69. The molecule has 0 aromatic carbocycles. The molecule has 0 aliphatic heterocycles. The molecule has 1 heterocycles. The molecule has 0 aliphatic rings. The zero-order valence-corrected chi connectivity index (χ0v) is 8.58. The largest absolute Gasteiger partial charge is 0.388 e. The minimum atomic E-state index is 0.632. The molecule has 4 heteroatoms. The van der Waals surface area contributed by atoms with Gasteiger partial charge in [-0.1, -0.05) is 0 Å². The minimum Gasteiger partial charge on any atom is -0.388 e. The molecule has 1 aromatic rings. The lowest BCUT2D eigenvalue weighted by Crippen LogP contribution is -2.05. The van der Waals surface area contributed by atoms with E-state index in [0.29, 0.717) is 12.4 Å². The van der Waals surface area contributed by atoms with Gasteiger partial charge < -0.3 is 5.73 Å². The van der Waals surface area contributed by atoms with Crippen LogP contribution < -0.4 is 5.73 Å². The first-order valence-electron chi connectivity index (χ1n) is 3.18. The number of nitrogens with zero attached hydrogens (tertiary/aromatic N) is 1. The van der Waals surface area contributed by atoms with Crippen LogP contribution in [-0.2, 0) is 6.54 Å². The number of thiophene rings is 1. The number of amidine groups is 1. The summed E-state index contributed by atoms with van der Waals surface area (Å²) in [5.74, 6) is 0.632. The molecule has 60 valence electrons. The number of hydrogen-bond acceptors (Lipinski definition) is 2. The molecule has 0 aliphatic carbocycles. The average molecular weight is 233 g/mol. The lowest BCUT2D eigenvalue weighted by molar-refractivity contribution is 1.07. The summed E-state index contributed by atoms with van der Waals surface area (Å²) in [5, 5.41) is 2.07. The third-order valence-electron chi connectivity index (χ3n) is 1.13. The van der Waals surface area contributed by atoms with E-state index in [2.05, 4.69) is 32.4 Å². The second kappa shape index (κ2) is 3.88. The summed E-state index contributed by atoms with van der Waals surface area (Å²) in [6.07, 6.45) is 0. The van der Waals surface area contributed by atoms with Crippen molar-refractivity contribution < 1.29 is 0 Å². The van der Waals surface area contributed by atoms with Crippen LogP contribution in [0.3, 0.4) is 0 Å². The first-order valence-corrected chi connectivity index (χ1v) is 4.85. The quantitative estimate of drug-likeness (QED) is 0.618. The van der Waals surface area contributed by atoms with Gasteiger partial charge >= 0.3 is 0 Å². The van der Waals surface area contributed by atoms with Crippen molar-refractivity contribution in [1.82, 2.24) is 0 Å². The van der Waals surface area contributed by atoms with E-state index in [0.717, 1.165) is 3.79 Å². The molecule has 2 nitrogen and oxygen atoms in total. The van der Waals surface area contributed by atoms with Crippen LogP contribution in [-0.4, -0.2) is 5.84 Å². The summed E-state index contributed by atoms with van der Waals surface area (Å²) in [4.78, 5) is 4.09. The smallest absolute Gasteiger partial charge is 0.0909 e. The maximum Gasteiger partial charge on any atom is 0.0909 e. The molecule has 1 aromatic heterocycles. The van der Waals surface area contributed by atoms with E-state index in [1.807, 2.05) is 0 Å². The summed E-state index contributed by atoms with van der Waals surface area (Å²) in [6, 6.07) is 2.05. The standard InChI is InChI=1S/C7H9BrN2S/c1-5(9)10-3-6-2-7(8)11-4-6/h2,4H,3H2,1H3,(H2,9,10). The van der Waals surface area contributed by atoms with Crippen molar-refractivity contribution in [3.63, 3.8) is 0 Å². The summed E-state index contributed by atoms with van der Waals surface area (Å²) in [6.45, 7) is 2.48. The topological polar surface area (TPSA) is 38.4 Å². The fourth-order valence-corrected chi connectivity index (χ4v) is 1.85. The Kier molecular flexibility index (Phi) is 3.08. The predicted octanol–water partition coefficient (Wildman–Crippen LogP) is 2.39. The Balaban J connectivity index is 2.58. The summed E-state index contributed by atoms with van der Waals surface area (Å²) < 4.78 is 1.14. The lowest BCUT2D eigenvalue weighted by Gasteiger charge is -1.89. The Hall–Kier alpha value is -0.350. The van der Waals surface area contributed by atoms with Gasteiger partial charge in [0.25, 0.3) is 0 Å². The summed E-state index contributed by atoms with van der Waals surface area (Å²) in [5.41, 5.74) is 6.59. The van der Waals surface area contributed by atoms with E-state index in [9.17, 15) is 0 Å². The van der Waals surface area contributed by atoms with E-state index >= 15 is 0 Å².